The summed E-state index contributed by atoms with van der Waals surface area (Å²) in [5.41, 5.74) is 3.67. The summed E-state index contributed by atoms with van der Waals surface area (Å²) >= 11 is 7.69. The second-order valence-corrected chi connectivity index (χ2v) is 10.7. The van der Waals surface area contributed by atoms with Gasteiger partial charge in [0.15, 0.2) is 0 Å². The molecule has 1 aliphatic heterocycles. The topological polar surface area (TPSA) is 90.3 Å². The Morgan fingerprint density at radius 2 is 1.93 bits per heavy atom. The highest BCUT2D eigenvalue weighted by Gasteiger charge is 2.34. The zero-order chi connectivity index (χ0) is 28.1. The molecule has 1 aliphatic rings. The lowest BCUT2D eigenvalue weighted by molar-refractivity contribution is -0.113. The van der Waals surface area contributed by atoms with E-state index in [9.17, 15) is 4.79 Å². The van der Waals surface area contributed by atoms with Gasteiger partial charge in [0.05, 0.1) is 18.4 Å². The molecule has 0 aliphatic carbocycles. The fourth-order valence-electron chi connectivity index (χ4n) is 4.47. The van der Waals surface area contributed by atoms with Gasteiger partial charge < -0.3 is 20.1 Å². The Labute approximate surface area is 242 Å². The van der Waals surface area contributed by atoms with Crippen LogP contribution < -0.4 is 20.1 Å². The predicted molar refractivity (Wildman–Crippen MR) is 159 cm³/mol. The molecule has 0 spiro atoms. The zero-order valence-electron chi connectivity index (χ0n) is 22.5. The molecule has 0 saturated heterocycles. The van der Waals surface area contributed by atoms with E-state index in [2.05, 4.69) is 22.5 Å². The van der Waals surface area contributed by atoms with Crippen LogP contribution >= 0.6 is 23.4 Å². The van der Waals surface area contributed by atoms with Crippen LogP contribution in [0.25, 0.3) is 0 Å². The summed E-state index contributed by atoms with van der Waals surface area (Å²) in [6.07, 6.45) is 1.01. The molecule has 5 rings (SSSR count). The number of hydrogen-bond acceptors (Lipinski definition) is 7. The average molecular weight is 576 g/mol. The van der Waals surface area contributed by atoms with Crippen LogP contribution in [0.3, 0.4) is 0 Å². The van der Waals surface area contributed by atoms with Gasteiger partial charge in [0.1, 0.15) is 24.1 Å². The van der Waals surface area contributed by atoms with Crippen molar-refractivity contribution in [2.24, 2.45) is 0 Å². The Morgan fingerprint density at radius 1 is 1.12 bits per heavy atom. The Bertz CT molecular complexity index is 1540. The molecule has 0 bridgehead atoms. The number of carbonyl (C=O) groups excluding carboxylic acids is 1. The minimum Gasteiger partial charge on any atom is -0.495 e. The van der Waals surface area contributed by atoms with E-state index in [1.165, 1.54) is 0 Å². The van der Waals surface area contributed by atoms with E-state index >= 15 is 0 Å². The summed E-state index contributed by atoms with van der Waals surface area (Å²) < 4.78 is 13.2. The second-order valence-electron chi connectivity index (χ2n) is 9.22. The number of amides is 1. The van der Waals surface area contributed by atoms with E-state index in [1.54, 1.807) is 23.6 Å². The number of anilines is 2. The number of benzene rings is 3. The number of carbonyl (C=O) groups is 1. The summed E-state index contributed by atoms with van der Waals surface area (Å²) in [6.45, 7) is 4.39. The highest BCUT2D eigenvalue weighted by molar-refractivity contribution is 7.99. The molecule has 8 nitrogen and oxygen atoms in total. The Hall–Kier alpha value is -3.95. The molecule has 1 aromatic heterocycles. The van der Waals surface area contributed by atoms with Gasteiger partial charge >= 0.3 is 0 Å². The molecule has 1 amide bonds. The average Bonchev–Trinajstić information content (AvgIpc) is 3.37. The SMILES string of the molecule is CCCSc1nc2n(n1)C(c1ccc(OCc3cccc(Cl)c3)cc1)C(C(=O)Nc1ccccc1OC)=C(C)N2. The number of para-hydroxylation sites is 2. The van der Waals surface area contributed by atoms with E-state index in [-0.39, 0.29) is 5.91 Å². The molecule has 1 atom stereocenters. The third kappa shape index (κ3) is 6.11. The fraction of sp³-hybridized carbons (Fsp3) is 0.233. The van der Waals surface area contributed by atoms with Gasteiger partial charge in [0, 0.05) is 16.5 Å². The molecule has 3 aromatic carbocycles. The van der Waals surface area contributed by atoms with E-state index in [0.29, 0.717) is 51.2 Å². The first-order valence-electron chi connectivity index (χ1n) is 13.0. The smallest absolute Gasteiger partial charge is 0.255 e. The van der Waals surface area contributed by atoms with Crippen LogP contribution in [0.5, 0.6) is 11.5 Å². The summed E-state index contributed by atoms with van der Waals surface area (Å²) in [6, 6.07) is 22.1. The van der Waals surface area contributed by atoms with Crippen LogP contribution in [-0.2, 0) is 11.4 Å². The number of nitrogens with zero attached hydrogens (tertiary/aromatic N) is 3. The summed E-state index contributed by atoms with van der Waals surface area (Å²) in [7, 11) is 1.58. The van der Waals surface area contributed by atoms with Crippen LogP contribution in [0.1, 0.15) is 37.4 Å². The molecular formula is C30H30ClN5O3S. The van der Waals surface area contributed by atoms with Crippen molar-refractivity contribution >= 4 is 40.9 Å². The number of rotatable bonds is 10. The second kappa shape index (κ2) is 12.5. The third-order valence-electron chi connectivity index (χ3n) is 6.36. The maximum atomic E-state index is 13.8. The highest BCUT2D eigenvalue weighted by atomic mass is 35.5. The van der Waals surface area contributed by atoms with Crippen molar-refractivity contribution in [3.05, 3.63) is 100 Å². The largest absolute Gasteiger partial charge is 0.495 e. The number of fused-ring (bicyclic) bond motifs is 1. The molecule has 0 radical (unpaired) electrons. The maximum Gasteiger partial charge on any atom is 0.255 e. The van der Waals surface area contributed by atoms with Gasteiger partial charge in [-0.2, -0.15) is 4.98 Å². The first kappa shape index (κ1) is 27.6. The van der Waals surface area contributed by atoms with Crippen LogP contribution in [0.15, 0.2) is 89.2 Å². The minimum absolute atomic E-state index is 0.260. The van der Waals surface area contributed by atoms with Gasteiger partial charge in [-0.15, -0.1) is 5.10 Å². The molecule has 10 heteroatoms. The lowest BCUT2D eigenvalue weighted by atomic mass is 9.95. The molecule has 1 unspecified atom stereocenters. The lowest BCUT2D eigenvalue weighted by Crippen LogP contribution is -2.31. The lowest BCUT2D eigenvalue weighted by Gasteiger charge is -2.29. The standard InChI is InChI=1S/C30H30ClN5O3S/c1-4-16-40-30-34-29-32-19(2)26(28(37)33-24-10-5-6-11-25(24)38-3)27(36(29)35-30)21-12-14-23(15-13-21)39-18-20-8-7-9-22(31)17-20/h5-15,17,27H,4,16,18H2,1-3H3,(H,33,37)(H,32,34,35). The normalized spacial score (nSPS) is 14.3. The van der Waals surface area contributed by atoms with Gasteiger partial charge in [0.2, 0.25) is 11.1 Å². The van der Waals surface area contributed by atoms with Crippen molar-refractivity contribution in [2.75, 3.05) is 23.5 Å². The van der Waals surface area contributed by atoms with Crippen LogP contribution in [0.2, 0.25) is 5.02 Å². The van der Waals surface area contributed by atoms with Crippen molar-refractivity contribution in [1.82, 2.24) is 14.8 Å². The summed E-state index contributed by atoms with van der Waals surface area (Å²) in [5, 5.41) is 12.4. The van der Waals surface area contributed by atoms with E-state index in [1.807, 2.05) is 79.7 Å². The molecule has 0 saturated carbocycles. The number of halogens is 1. The maximum absolute atomic E-state index is 13.8. The number of methoxy groups -OCH3 is 1. The van der Waals surface area contributed by atoms with Crippen molar-refractivity contribution in [2.45, 2.75) is 38.1 Å². The van der Waals surface area contributed by atoms with Crippen LogP contribution in [0.4, 0.5) is 11.6 Å². The van der Waals surface area contributed by atoms with Crippen LogP contribution in [-0.4, -0.2) is 33.5 Å². The molecule has 0 fully saturated rings. The molecule has 4 aromatic rings. The van der Waals surface area contributed by atoms with Crippen LogP contribution in [0, 0.1) is 0 Å². The minimum atomic E-state index is -0.503. The van der Waals surface area contributed by atoms with Gasteiger partial charge in [-0.25, -0.2) is 4.68 Å². The first-order valence-corrected chi connectivity index (χ1v) is 14.3. The van der Waals surface area contributed by atoms with Crippen molar-refractivity contribution in [1.29, 1.82) is 0 Å². The predicted octanol–water partition coefficient (Wildman–Crippen LogP) is 6.95. The molecule has 40 heavy (non-hydrogen) atoms. The molecule has 206 valence electrons. The summed E-state index contributed by atoms with van der Waals surface area (Å²) in [5.74, 6) is 2.52. The quantitative estimate of drug-likeness (QED) is 0.198. The van der Waals surface area contributed by atoms with Gasteiger partial charge in [0.25, 0.3) is 5.91 Å². The third-order valence-corrected chi connectivity index (χ3v) is 7.64. The van der Waals surface area contributed by atoms with E-state index in [0.717, 1.165) is 23.3 Å². The van der Waals surface area contributed by atoms with Crippen molar-refractivity contribution < 1.29 is 14.3 Å². The number of thioether (sulfide) groups is 1. The molecular weight excluding hydrogens is 546 g/mol. The summed E-state index contributed by atoms with van der Waals surface area (Å²) in [4.78, 5) is 18.5. The highest BCUT2D eigenvalue weighted by Crippen LogP contribution is 2.38. The fourth-order valence-corrected chi connectivity index (χ4v) is 5.36. The molecule has 2 heterocycles. The molecule has 2 N–H and O–H groups in total. The van der Waals surface area contributed by atoms with Gasteiger partial charge in [-0.05, 0) is 60.9 Å². The van der Waals surface area contributed by atoms with Crippen molar-refractivity contribution in [3.63, 3.8) is 0 Å². The number of ether oxygens (including phenoxy) is 2. The van der Waals surface area contributed by atoms with E-state index < -0.39 is 6.04 Å². The Balaban J connectivity index is 1.46. The Kier molecular flexibility index (Phi) is 8.62. The van der Waals surface area contributed by atoms with Gasteiger partial charge in [-0.3, -0.25) is 4.79 Å². The number of nitrogens with one attached hydrogen (secondary N) is 2. The number of hydrogen-bond donors (Lipinski definition) is 2. The Morgan fingerprint density at radius 3 is 2.67 bits per heavy atom. The van der Waals surface area contributed by atoms with E-state index in [4.69, 9.17) is 26.2 Å². The number of aromatic nitrogens is 3. The van der Waals surface area contributed by atoms with Crippen molar-refractivity contribution in [3.8, 4) is 11.5 Å². The number of allylic oxidation sites excluding steroid dienone is 1. The monoisotopic (exact) mass is 575 g/mol. The first-order chi connectivity index (χ1) is 19.5. The van der Waals surface area contributed by atoms with Gasteiger partial charge in [-0.1, -0.05) is 66.7 Å². The zero-order valence-corrected chi connectivity index (χ0v) is 24.1.